The van der Waals surface area contributed by atoms with Crippen LogP contribution in [0.3, 0.4) is 0 Å². The molecule has 0 fully saturated rings. The molecule has 0 bridgehead atoms. The van der Waals surface area contributed by atoms with Gasteiger partial charge in [0.15, 0.2) is 11.5 Å². The van der Waals surface area contributed by atoms with Crippen LogP contribution in [0.5, 0.6) is 11.5 Å². The lowest BCUT2D eigenvalue weighted by Crippen LogP contribution is -2.26. The normalized spacial score (nSPS) is 11.6. The van der Waals surface area contributed by atoms with E-state index in [4.69, 9.17) is 14.0 Å². The smallest absolute Gasteiger partial charge is 0.161 e. The first kappa shape index (κ1) is 18.3. The molecular formula is C19H28N2O3. The first-order valence-corrected chi connectivity index (χ1v) is 8.22. The van der Waals surface area contributed by atoms with Crippen LogP contribution in [0.25, 0.3) is 0 Å². The zero-order valence-electron chi connectivity index (χ0n) is 15.5. The second-order valence-electron chi connectivity index (χ2n) is 7.24. The third kappa shape index (κ3) is 4.99. The Hall–Kier alpha value is -2.01. The van der Waals surface area contributed by atoms with Gasteiger partial charge in [0.2, 0.25) is 0 Å². The summed E-state index contributed by atoms with van der Waals surface area (Å²) >= 11 is 0. The number of aryl methyl sites for hydroxylation is 2. The molecule has 24 heavy (non-hydrogen) atoms. The van der Waals surface area contributed by atoms with E-state index >= 15 is 0 Å². The number of benzene rings is 1. The average Bonchev–Trinajstić information content (AvgIpc) is 2.83. The van der Waals surface area contributed by atoms with Gasteiger partial charge in [-0.2, -0.15) is 0 Å². The van der Waals surface area contributed by atoms with Crippen molar-refractivity contribution in [1.29, 1.82) is 0 Å². The van der Waals surface area contributed by atoms with Crippen molar-refractivity contribution in [3.05, 3.63) is 40.8 Å². The maximum atomic E-state index is 5.90. The molecule has 0 saturated carbocycles. The van der Waals surface area contributed by atoms with E-state index in [2.05, 4.69) is 37.3 Å². The first-order valence-electron chi connectivity index (χ1n) is 8.22. The fourth-order valence-corrected chi connectivity index (χ4v) is 2.38. The highest BCUT2D eigenvalue weighted by Gasteiger charge is 2.13. The Morgan fingerprint density at radius 3 is 2.50 bits per heavy atom. The monoisotopic (exact) mass is 332 g/mol. The third-order valence-electron chi connectivity index (χ3n) is 3.77. The van der Waals surface area contributed by atoms with Gasteiger partial charge in [0.1, 0.15) is 12.4 Å². The molecule has 1 heterocycles. The van der Waals surface area contributed by atoms with Crippen LogP contribution in [0, 0.1) is 19.3 Å². The lowest BCUT2D eigenvalue weighted by molar-refractivity contribution is 0.281. The molecule has 0 spiro atoms. The summed E-state index contributed by atoms with van der Waals surface area (Å²) < 4.78 is 16.5. The van der Waals surface area contributed by atoms with E-state index in [-0.39, 0.29) is 5.41 Å². The van der Waals surface area contributed by atoms with Crippen molar-refractivity contribution in [1.82, 2.24) is 10.5 Å². The Kier molecular flexibility index (Phi) is 5.89. The molecule has 5 heteroatoms. The molecule has 2 aromatic rings. The van der Waals surface area contributed by atoms with Crippen LogP contribution in [0.1, 0.15) is 43.4 Å². The van der Waals surface area contributed by atoms with Gasteiger partial charge in [0.25, 0.3) is 0 Å². The summed E-state index contributed by atoms with van der Waals surface area (Å²) in [6.07, 6.45) is 0. The maximum absolute atomic E-state index is 5.90. The average molecular weight is 332 g/mol. The minimum absolute atomic E-state index is 0.265. The molecule has 0 unspecified atom stereocenters. The largest absolute Gasteiger partial charge is 0.493 e. The fourth-order valence-electron chi connectivity index (χ4n) is 2.38. The maximum Gasteiger partial charge on any atom is 0.161 e. The number of nitrogens with one attached hydrogen (secondary N) is 1. The highest BCUT2D eigenvalue weighted by molar-refractivity contribution is 5.43. The van der Waals surface area contributed by atoms with Crippen LogP contribution in [-0.4, -0.2) is 18.8 Å². The predicted molar refractivity (Wildman–Crippen MR) is 94.5 cm³/mol. The van der Waals surface area contributed by atoms with Crippen molar-refractivity contribution in [2.45, 2.75) is 47.8 Å². The van der Waals surface area contributed by atoms with Crippen molar-refractivity contribution >= 4 is 0 Å². The lowest BCUT2D eigenvalue weighted by atomic mass is 9.97. The Balaban J connectivity index is 2.01. The number of hydrogen-bond donors (Lipinski definition) is 1. The number of rotatable bonds is 7. The summed E-state index contributed by atoms with van der Waals surface area (Å²) in [7, 11) is 1.66. The fraction of sp³-hybridized carbons (Fsp3) is 0.526. The summed E-state index contributed by atoms with van der Waals surface area (Å²) in [5.74, 6) is 2.24. The SMILES string of the molecule is COc1cc(CNCC(C)(C)C)ccc1OCc1c(C)noc1C. The highest BCUT2D eigenvalue weighted by atomic mass is 16.5. The van der Waals surface area contributed by atoms with E-state index in [1.807, 2.05) is 26.0 Å². The molecule has 5 nitrogen and oxygen atoms in total. The molecule has 0 aliphatic carbocycles. The van der Waals surface area contributed by atoms with Crippen LogP contribution >= 0.6 is 0 Å². The minimum Gasteiger partial charge on any atom is -0.493 e. The quantitative estimate of drug-likeness (QED) is 0.830. The summed E-state index contributed by atoms with van der Waals surface area (Å²) in [5.41, 5.74) is 3.27. The molecule has 132 valence electrons. The first-order chi connectivity index (χ1) is 11.3. The van der Waals surface area contributed by atoms with Gasteiger partial charge < -0.3 is 19.3 Å². The van der Waals surface area contributed by atoms with Crippen LogP contribution in [-0.2, 0) is 13.2 Å². The van der Waals surface area contributed by atoms with Gasteiger partial charge >= 0.3 is 0 Å². The van der Waals surface area contributed by atoms with Gasteiger partial charge in [-0.15, -0.1) is 0 Å². The van der Waals surface area contributed by atoms with E-state index in [0.29, 0.717) is 6.61 Å². The molecule has 1 aromatic carbocycles. The van der Waals surface area contributed by atoms with Crippen molar-refractivity contribution in [2.24, 2.45) is 5.41 Å². The molecule has 0 saturated heterocycles. The molecule has 2 rings (SSSR count). The van der Waals surface area contributed by atoms with Gasteiger partial charge in [-0.25, -0.2) is 0 Å². The summed E-state index contributed by atoms with van der Waals surface area (Å²) in [6.45, 7) is 12.6. The van der Waals surface area contributed by atoms with Gasteiger partial charge in [0, 0.05) is 13.1 Å². The lowest BCUT2D eigenvalue weighted by Gasteiger charge is -2.19. The second kappa shape index (κ2) is 7.71. The van der Waals surface area contributed by atoms with Crippen molar-refractivity contribution in [2.75, 3.05) is 13.7 Å². The van der Waals surface area contributed by atoms with Crippen molar-refractivity contribution in [3.8, 4) is 11.5 Å². The molecular weight excluding hydrogens is 304 g/mol. The van der Waals surface area contributed by atoms with E-state index in [9.17, 15) is 0 Å². The van der Waals surface area contributed by atoms with Gasteiger partial charge in [0.05, 0.1) is 18.4 Å². The Morgan fingerprint density at radius 1 is 1.17 bits per heavy atom. The second-order valence-corrected chi connectivity index (χ2v) is 7.24. The third-order valence-corrected chi connectivity index (χ3v) is 3.77. The topological polar surface area (TPSA) is 56.5 Å². The number of ether oxygens (including phenoxy) is 2. The molecule has 0 atom stereocenters. The van der Waals surface area contributed by atoms with Gasteiger partial charge in [-0.1, -0.05) is 32.0 Å². The van der Waals surface area contributed by atoms with E-state index in [0.717, 1.165) is 41.6 Å². The van der Waals surface area contributed by atoms with Crippen molar-refractivity contribution in [3.63, 3.8) is 0 Å². The zero-order valence-corrected chi connectivity index (χ0v) is 15.5. The van der Waals surface area contributed by atoms with Gasteiger partial charge in [-0.05, 0) is 37.0 Å². The molecule has 0 amide bonds. The Morgan fingerprint density at radius 2 is 1.92 bits per heavy atom. The standard InChI is InChI=1S/C19H28N2O3/c1-13-16(14(2)24-21-13)11-23-17-8-7-15(9-18(17)22-6)10-20-12-19(3,4)5/h7-9,20H,10-12H2,1-6H3. The summed E-state index contributed by atoms with van der Waals surface area (Å²) in [6, 6.07) is 6.02. The van der Waals surface area contributed by atoms with Crippen LogP contribution in [0.15, 0.2) is 22.7 Å². The van der Waals surface area contributed by atoms with Crippen LogP contribution in [0.4, 0.5) is 0 Å². The Bertz CT molecular complexity index is 652. The number of aromatic nitrogens is 1. The van der Waals surface area contributed by atoms with E-state index in [1.54, 1.807) is 7.11 Å². The van der Waals surface area contributed by atoms with E-state index < -0.39 is 0 Å². The zero-order chi connectivity index (χ0) is 17.7. The highest BCUT2D eigenvalue weighted by Crippen LogP contribution is 2.29. The number of hydrogen-bond acceptors (Lipinski definition) is 5. The van der Waals surface area contributed by atoms with Crippen LogP contribution in [0.2, 0.25) is 0 Å². The Labute approximate surface area is 144 Å². The molecule has 0 radical (unpaired) electrons. The molecule has 1 aromatic heterocycles. The van der Waals surface area contributed by atoms with Gasteiger partial charge in [-0.3, -0.25) is 0 Å². The summed E-state index contributed by atoms with van der Waals surface area (Å²) in [5, 5.41) is 7.41. The molecule has 1 N–H and O–H groups in total. The minimum atomic E-state index is 0.265. The van der Waals surface area contributed by atoms with Crippen LogP contribution < -0.4 is 14.8 Å². The number of methoxy groups -OCH3 is 1. The molecule has 0 aliphatic rings. The predicted octanol–water partition coefficient (Wildman–Crippen LogP) is 4.01. The summed E-state index contributed by atoms with van der Waals surface area (Å²) in [4.78, 5) is 0. The molecule has 0 aliphatic heterocycles. The van der Waals surface area contributed by atoms with E-state index in [1.165, 1.54) is 5.56 Å². The number of nitrogens with zero attached hydrogens (tertiary/aromatic N) is 1. The van der Waals surface area contributed by atoms with Crippen molar-refractivity contribution < 1.29 is 14.0 Å².